The quantitative estimate of drug-likeness (QED) is 0.908. The number of hydrogen-bond donors (Lipinski definition) is 2. The van der Waals surface area contributed by atoms with E-state index in [0.29, 0.717) is 12.1 Å². The molecule has 0 radical (unpaired) electrons. The fraction of sp³-hybridized carbons (Fsp3) is 0.353. The summed E-state index contributed by atoms with van der Waals surface area (Å²) in [6.07, 6.45) is 1.30. The summed E-state index contributed by atoms with van der Waals surface area (Å²) >= 11 is 0. The largest absolute Gasteiger partial charge is 0.444 e. The normalized spacial score (nSPS) is 12.5. The van der Waals surface area contributed by atoms with Gasteiger partial charge in [-0.3, -0.25) is 4.79 Å². The Morgan fingerprint density at radius 1 is 1.30 bits per heavy atom. The lowest BCUT2D eigenvalue weighted by molar-refractivity contribution is 0.0502. The van der Waals surface area contributed by atoms with Crippen LogP contribution in [0.2, 0.25) is 0 Å². The van der Waals surface area contributed by atoms with E-state index in [0.717, 1.165) is 5.56 Å². The van der Waals surface area contributed by atoms with Crippen molar-refractivity contribution in [3.05, 3.63) is 64.3 Å². The number of benzene rings is 1. The third-order valence-corrected chi connectivity index (χ3v) is 3.03. The number of rotatable bonds is 4. The first-order chi connectivity index (χ1) is 10.8. The second-order valence-corrected chi connectivity index (χ2v) is 6.22. The molecule has 1 aromatic carbocycles. The summed E-state index contributed by atoms with van der Waals surface area (Å²) in [5.74, 6) is 0. The molecule has 122 valence electrons. The number of alkyl carbamates (subject to hydrolysis) is 1. The molecule has 6 nitrogen and oxygen atoms in total. The Bertz CT molecular complexity index is 705. The summed E-state index contributed by atoms with van der Waals surface area (Å²) < 4.78 is 5.29. The van der Waals surface area contributed by atoms with Crippen LogP contribution in [0, 0.1) is 0 Å². The number of hydrogen-bond acceptors (Lipinski definition) is 4. The molecule has 6 heteroatoms. The third-order valence-electron chi connectivity index (χ3n) is 3.03. The van der Waals surface area contributed by atoms with Crippen molar-refractivity contribution in [3.63, 3.8) is 0 Å². The van der Waals surface area contributed by atoms with Gasteiger partial charge in [-0.2, -0.15) is 0 Å². The zero-order valence-electron chi connectivity index (χ0n) is 13.5. The lowest BCUT2D eigenvalue weighted by Crippen LogP contribution is -2.36. The standard InChI is InChI=1S/C17H21N3O3/c1-17(2,3)23-16(22)20-14(9-12-7-5-4-6-8-12)13-10-15(21)19-11-18-13/h4-8,10-11,14H,9H2,1-3H3,(H,20,22)(H,18,19,21). The number of carbonyl (C=O) groups excluding carboxylic acids is 1. The average Bonchev–Trinajstić information content (AvgIpc) is 2.45. The summed E-state index contributed by atoms with van der Waals surface area (Å²) in [5, 5.41) is 2.79. The van der Waals surface area contributed by atoms with Gasteiger partial charge in [-0.25, -0.2) is 9.78 Å². The maximum Gasteiger partial charge on any atom is 0.408 e. The first kappa shape index (κ1) is 16.7. The fourth-order valence-electron chi connectivity index (χ4n) is 2.10. The number of amides is 1. The molecule has 0 saturated carbocycles. The van der Waals surface area contributed by atoms with Gasteiger partial charge in [0, 0.05) is 6.07 Å². The monoisotopic (exact) mass is 315 g/mol. The lowest BCUT2D eigenvalue weighted by atomic mass is 10.0. The van der Waals surface area contributed by atoms with Crippen molar-refractivity contribution in [2.45, 2.75) is 38.8 Å². The third kappa shape index (κ3) is 5.58. The highest BCUT2D eigenvalue weighted by Crippen LogP contribution is 2.16. The van der Waals surface area contributed by atoms with E-state index in [2.05, 4.69) is 15.3 Å². The fourth-order valence-corrected chi connectivity index (χ4v) is 2.10. The van der Waals surface area contributed by atoms with Gasteiger partial charge in [0.2, 0.25) is 0 Å². The molecular formula is C17H21N3O3. The summed E-state index contributed by atoms with van der Waals surface area (Å²) in [6, 6.07) is 10.6. The van der Waals surface area contributed by atoms with Crippen molar-refractivity contribution in [2.75, 3.05) is 0 Å². The molecule has 1 atom stereocenters. The molecule has 0 saturated heterocycles. The van der Waals surface area contributed by atoms with Crippen LogP contribution in [-0.2, 0) is 11.2 Å². The Balaban J connectivity index is 2.21. The van der Waals surface area contributed by atoms with E-state index in [1.54, 1.807) is 20.8 Å². The SMILES string of the molecule is CC(C)(C)OC(=O)NC(Cc1ccccc1)c1cc(=O)[nH]cn1. The second kappa shape index (κ2) is 7.09. The van der Waals surface area contributed by atoms with Gasteiger partial charge in [-0.05, 0) is 32.8 Å². The molecule has 1 heterocycles. The van der Waals surface area contributed by atoms with E-state index in [-0.39, 0.29) is 5.56 Å². The van der Waals surface area contributed by atoms with Crippen LogP contribution in [0.5, 0.6) is 0 Å². The van der Waals surface area contributed by atoms with Crippen molar-refractivity contribution >= 4 is 6.09 Å². The minimum atomic E-state index is -0.594. The van der Waals surface area contributed by atoms with Gasteiger partial charge in [0.1, 0.15) is 5.60 Å². The minimum absolute atomic E-state index is 0.265. The van der Waals surface area contributed by atoms with Crippen molar-refractivity contribution in [2.24, 2.45) is 0 Å². The molecule has 2 N–H and O–H groups in total. The number of carbonyl (C=O) groups is 1. The van der Waals surface area contributed by atoms with Gasteiger partial charge in [-0.1, -0.05) is 30.3 Å². The first-order valence-electron chi connectivity index (χ1n) is 7.41. The topological polar surface area (TPSA) is 84.1 Å². The summed E-state index contributed by atoms with van der Waals surface area (Å²) in [6.45, 7) is 5.39. The number of aromatic amines is 1. The van der Waals surface area contributed by atoms with E-state index in [1.165, 1.54) is 12.4 Å². The van der Waals surface area contributed by atoms with Gasteiger partial charge >= 0.3 is 6.09 Å². The van der Waals surface area contributed by atoms with E-state index < -0.39 is 17.7 Å². The molecule has 2 aromatic rings. The zero-order valence-corrected chi connectivity index (χ0v) is 13.5. The summed E-state index contributed by atoms with van der Waals surface area (Å²) in [5.41, 5.74) is 0.654. The van der Waals surface area contributed by atoms with Gasteiger partial charge in [0.15, 0.2) is 0 Å². The molecule has 0 aliphatic carbocycles. The summed E-state index contributed by atoms with van der Waals surface area (Å²) in [7, 11) is 0. The molecule has 1 amide bonds. The first-order valence-corrected chi connectivity index (χ1v) is 7.41. The second-order valence-electron chi connectivity index (χ2n) is 6.22. The number of nitrogens with one attached hydrogen (secondary N) is 2. The predicted molar refractivity (Wildman–Crippen MR) is 87.1 cm³/mol. The van der Waals surface area contributed by atoms with Crippen LogP contribution in [-0.4, -0.2) is 21.7 Å². The van der Waals surface area contributed by atoms with E-state index in [9.17, 15) is 9.59 Å². The minimum Gasteiger partial charge on any atom is -0.444 e. The zero-order chi connectivity index (χ0) is 16.9. The highest BCUT2D eigenvalue weighted by molar-refractivity contribution is 5.68. The molecule has 2 rings (SSSR count). The van der Waals surface area contributed by atoms with Gasteiger partial charge in [0.25, 0.3) is 5.56 Å². The van der Waals surface area contributed by atoms with Crippen LogP contribution < -0.4 is 10.9 Å². The lowest BCUT2D eigenvalue weighted by Gasteiger charge is -2.23. The molecule has 1 aromatic heterocycles. The van der Waals surface area contributed by atoms with E-state index in [1.807, 2.05) is 30.3 Å². The molecule has 23 heavy (non-hydrogen) atoms. The number of H-pyrrole nitrogens is 1. The van der Waals surface area contributed by atoms with Crippen LogP contribution in [0.25, 0.3) is 0 Å². The van der Waals surface area contributed by atoms with Crippen molar-refractivity contribution in [1.82, 2.24) is 15.3 Å². The molecule has 0 aliphatic rings. The van der Waals surface area contributed by atoms with Gasteiger partial charge in [-0.15, -0.1) is 0 Å². The van der Waals surface area contributed by atoms with Crippen LogP contribution in [0.4, 0.5) is 4.79 Å². The molecule has 1 unspecified atom stereocenters. The van der Waals surface area contributed by atoms with Gasteiger partial charge < -0.3 is 15.0 Å². The Hall–Kier alpha value is -2.63. The maximum absolute atomic E-state index is 12.1. The Morgan fingerprint density at radius 2 is 2.00 bits per heavy atom. The maximum atomic E-state index is 12.1. The Labute approximate surface area is 134 Å². The van der Waals surface area contributed by atoms with Crippen LogP contribution >= 0.6 is 0 Å². The molecule has 0 bridgehead atoms. The Morgan fingerprint density at radius 3 is 2.61 bits per heavy atom. The van der Waals surface area contributed by atoms with Gasteiger partial charge in [0.05, 0.1) is 18.1 Å². The smallest absolute Gasteiger partial charge is 0.408 e. The van der Waals surface area contributed by atoms with Crippen molar-refractivity contribution in [3.8, 4) is 0 Å². The van der Waals surface area contributed by atoms with Crippen LogP contribution in [0.3, 0.4) is 0 Å². The number of aromatic nitrogens is 2. The molecule has 0 fully saturated rings. The highest BCUT2D eigenvalue weighted by Gasteiger charge is 2.22. The Kier molecular flexibility index (Phi) is 5.16. The highest BCUT2D eigenvalue weighted by atomic mass is 16.6. The molecule has 0 spiro atoms. The average molecular weight is 315 g/mol. The van der Waals surface area contributed by atoms with Crippen molar-refractivity contribution < 1.29 is 9.53 Å². The van der Waals surface area contributed by atoms with E-state index >= 15 is 0 Å². The summed E-state index contributed by atoms with van der Waals surface area (Å²) in [4.78, 5) is 30.2. The van der Waals surface area contributed by atoms with Crippen LogP contribution in [0.15, 0.2) is 47.5 Å². The number of nitrogens with zero attached hydrogens (tertiary/aromatic N) is 1. The predicted octanol–water partition coefficient (Wildman–Crippen LogP) is 2.58. The number of ether oxygens (including phenoxy) is 1. The molecule has 0 aliphatic heterocycles. The van der Waals surface area contributed by atoms with Crippen LogP contribution in [0.1, 0.15) is 38.1 Å². The van der Waals surface area contributed by atoms with Crippen molar-refractivity contribution in [1.29, 1.82) is 0 Å². The van der Waals surface area contributed by atoms with E-state index in [4.69, 9.17) is 4.74 Å². The molecular weight excluding hydrogens is 294 g/mol.